The molecule has 0 rings (SSSR count). The Labute approximate surface area is 92.3 Å². The van der Waals surface area contributed by atoms with Crippen molar-refractivity contribution in [1.82, 2.24) is 0 Å². The number of unbranched alkanes of at least 4 members (excludes halogenated alkanes) is 2. The summed E-state index contributed by atoms with van der Waals surface area (Å²) >= 11 is 0. The lowest BCUT2D eigenvalue weighted by molar-refractivity contribution is -0.104. The zero-order valence-corrected chi connectivity index (χ0v) is 9.66. The van der Waals surface area contributed by atoms with Crippen molar-refractivity contribution >= 4 is 6.29 Å². The largest absolute Gasteiger partial charge is 0.498 e. The summed E-state index contributed by atoms with van der Waals surface area (Å²) in [6.07, 6.45) is 9.18. The molecule has 0 aliphatic heterocycles. The zero-order valence-electron chi connectivity index (χ0n) is 9.66. The highest BCUT2D eigenvalue weighted by molar-refractivity contribution is 5.78. The predicted molar refractivity (Wildman–Crippen MR) is 63.6 cm³/mol. The smallest absolute Gasteiger partial charge is 0.150 e. The molecule has 0 aliphatic carbocycles. The molecule has 0 atom stereocenters. The monoisotopic (exact) mass is 208 g/mol. The fourth-order valence-electron chi connectivity index (χ4n) is 1.12. The molecule has 0 bridgehead atoms. The van der Waals surface area contributed by atoms with E-state index in [1.165, 1.54) is 12.8 Å². The standard InChI is InChI=1S/C13H20O2/c1-4-6-7-9-15-12(3)10-13(11-14)8-5-2/h5,8,10-11H,2,4,6-7,9H2,1,3H3/b12-10+,13-8+. The summed E-state index contributed by atoms with van der Waals surface area (Å²) in [7, 11) is 0. The molecule has 2 nitrogen and oxygen atoms in total. The Kier molecular flexibility index (Phi) is 8.44. The molecule has 84 valence electrons. The highest BCUT2D eigenvalue weighted by Crippen LogP contribution is 2.04. The van der Waals surface area contributed by atoms with Crippen LogP contribution in [0.5, 0.6) is 0 Å². The van der Waals surface area contributed by atoms with Gasteiger partial charge in [-0.1, -0.05) is 38.5 Å². The van der Waals surface area contributed by atoms with Gasteiger partial charge >= 0.3 is 0 Å². The predicted octanol–water partition coefficient (Wildman–Crippen LogP) is 3.41. The van der Waals surface area contributed by atoms with Gasteiger partial charge in [-0.2, -0.15) is 0 Å². The van der Waals surface area contributed by atoms with E-state index in [9.17, 15) is 4.79 Å². The number of ether oxygens (including phenoxy) is 1. The Balaban J connectivity index is 4.00. The average molecular weight is 208 g/mol. The van der Waals surface area contributed by atoms with E-state index in [4.69, 9.17) is 4.74 Å². The van der Waals surface area contributed by atoms with Crippen molar-refractivity contribution in [3.63, 3.8) is 0 Å². The molecule has 0 aromatic heterocycles. The van der Waals surface area contributed by atoms with Gasteiger partial charge in [0.05, 0.1) is 12.4 Å². The number of aldehydes is 1. The first-order chi connectivity index (χ1) is 7.24. The molecule has 0 heterocycles. The summed E-state index contributed by atoms with van der Waals surface area (Å²) in [5, 5.41) is 0. The van der Waals surface area contributed by atoms with E-state index >= 15 is 0 Å². The Hall–Kier alpha value is -1.31. The lowest BCUT2D eigenvalue weighted by atomic mass is 10.2. The van der Waals surface area contributed by atoms with Gasteiger partial charge in [0.2, 0.25) is 0 Å². The van der Waals surface area contributed by atoms with Gasteiger partial charge in [-0.25, -0.2) is 0 Å². The third-order valence-corrected chi connectivity index (χ3v) is 1.89. The van der Waals surface area contributed by atoms with Crippen molar-refractivity contribution in [2.75, 3.05) is 6.61 Å². The topological polar surface area (TPSA) is 26.3 Å². The Morgan fingerprint density at radius 3 is 2.67 bits per heavy atom. The van der Waals surface area contributed by atoms with E-state index < -0.39 is 0 Å². The summed E-state index contributed by atoms with van der Waals surface area (Å²) < 4.78 is 5.45. The molecule has 0 aliphatic rings. The van der Waals surface area contributed by atoms with Gasteiger partial charge in [0.1, 0.15) is 6.29 Å². The van der Waals surface area contributed by atoms with Crippen LogP contribution in [-0.4, -0.2) is 12.9 Å². The van der Waals surface area contributed by atoms with Gasteiger partial charge in [0.15, 0.2) is 0 Å². The van der Waals surface area contributed by atoms with Crippen molar-refractivity contribution < 1.29 is 9.53 Å². The van der Waals surface area contributed by atoms with E-state index in [1.807, 2.05) is 6.92 Å². The van der Waals surface area contributed by atoms with E-state index in [1.54, 1.807) is 18.2 Å². The molecule has 0 fully saturated rings. The van der Waals surface area contributed by atoms with Crippen LogP contribution >= 0.6 is 0 Å². The zero-order chi connectivity index (χ0) is 11.5. The van der Waals surface area contributed by atoms with E-state index in [2.05, 4.69) is 13.5 Å². The van der Waals surface area contributed by atoms with Gasteiger partial charge in [-0.15, -0.1) is 0 Å². The van der Waals surface area contributed by atoms with Gasteiger partial charge in [0, 0.05) is 5.57 Å². The normalized spacial score (nSPS) is 12.4. The maximum atomic E-state index is 10.6. The van der Waals surface area contributed by atoms with Crippen molar-refractivity contribution in [2.45, 2.75) is 33.1 Å². The molecule has 0 amide bonds. The second-order valence-corrected chi connectivity index (χ2v) is 3.33. The van der Waals surface area contributed by atoms with Crippen molar-refractivity contribution in [3.05, 3.63) is 36.1 Å². The molecule has 0 spiro atoms. The van der Waals surface area contributed by atoms with E-state index in [0.29, 0.717) is 5.57 Å². The highest BCUT2D eigenvalue weighted by atomic mass is 16.5. The number of carbonyl (C=O) groups excluding carboxylic acids is 1. The van der Waals surface area contributed by atoms with Crippen molar-refractivity contribution in [2.24, 2.45) is 0 Å². The molecule has 0 aromatic rings. The molecule has 2 heteroatoms. The summed E-state index contributed by atoms with van der Waals surface area (Å²) in [4.78, 5) is 10.6. The van der Waals surface area contributed by atoms with Crippen LogP contribution in [0.3, 0.4) is 0 Å². The van der Waals surface area contributed by atoms with Gasteiger partial charge < -0.3 is 4.74 Å². The molecule has 0 unspecified atom stereocenters. The number of rotatable bonds is 8. The maximum absolute atomic E-state index is 10.6. The first kappa shape index (κ1) is 13.7. The number of allylic oxidation sites excluding steroid dienone is 5. The van der Waals surface area contributed by atoms with Crippen LogP contribution < -0.4 is 0 Å². The van der Waals surface area contributed by atoms with Crippen LogP contribution in [0, 0.1) is 0 Å². The molecule has 0 aromatic carbocycles. The van der Waals surface area contributed by atoms with Crippen LogP contribution in [0.2, 0.25) is 0 Å². The third kappa shape index (κ3) is 7.74. The second-order valence-electron chi connectivity index (χ2n) is 3.33. The van der Waals surface area contributed by atoms with Crippen LogP contribution in [0.1, 0.15) is 33.1 Å². The number of hydrogen-bond acceptors (Lipinski definition) is 2. The Bertz CT molecular complexity index is 249. The Morgan fingerprint density at radius 1 is 1.40 bits per heavy atom. The van der Waals surface area contributed by atoms with Crippen LogP contribution in [0.4, 0.5) is 0 Å². The molecular formula is C13H20O2. The van der Waals surface area contributed by atoms with Gasteiger partial charge in [-0.3, -0.25) is 4.79 Å². The maximum Gasteiger partial charge on any atom is 0.150 e. The van der Waals surface area contributed by atoms with Crippen LogP contribution in [0.15, 0.2) is 36.1 Å². The van der Waals surface area contributed by atoms with Crippen molar-refractivity contribution in [1.29, 1.82) is 0 Å². The number of carbonyl (C=O) groups is 1. The third-order valence-electron chi connectivity index (χ3n) is 1.89. The summed E-state index contributed by atoms with van der Waals surface area (Å²) in [5.41, 5.74) is 0.581. The fraction of sp³-hybridized carbons (Fsp3) is 0.462. The van der Waals surface area contributed by atoms with Gasteiger partial charge in [0.25, 0.3) is 0 Å². The molecule has 0 N–H and O–H groups in total. The number of hydrogen-bond donors (Lipinski definition) is 0. The minimum absolute atomic E-state index is 0.581. The molecular weight excluding hydrogens is 188 g/mol. The average Bonchev–Trinajstić information content (AvgIpc) is 2.24. The SMILES string of the molecule is C=C/C=C(C=O)\C=C(/C)OCCCCC. The second kappa shape index (κ2) is 9.25. The van der Waals surface area contributed by atoms with E-state index in [-0.39, 0.29) is 0 Å². The van der Waals surface area contributed by atoms with Crippen LogP contribution in [-0.2, 0) is 9.53 Å². The highest BCUT2D eigenvalue weighted by Gasteiger charge is 1.93. The fourth-order valence-corrected chi connectivity index (χ4v) is 1.12. The lowest BCUT2D eigenvalue weighted by Gasteiger charge is -2.05. The first-order valence-electron chi connectivity index (χ1n) is 5.33. The Morgan fingerprint density at radius 2 is 2.13 bits per heavy atom. The van der Waals surface area contributed by atoms with Crippen molar-refractivity contribution in [3.8, 4) is 0 Å². The molecule has 0 radical (unpaired) electrons. The summed E-state index contributed by atoms with van der Waals surface area (Å²) in [5.74, 6) is 0.770. The molecule has 15 heavy (non-hydrogen) atoms. The molecule has 0 saturated carbocycles. The first-order valence-corrected chi connectivity index (χ1v) is 5.33. The van der Waals surface area contributed by atoms with E-state index in [0.717, 1.165) is 25.1 Å². The summed E-state index contributed by atoms with van der Waals surface area (Å²) in [6.45, 7) is 8.26. The summed E-state index contributed by atoms with van der Waals surface area (Å²) in [6, 6.07) is 0. The minimum Gasteiger partial charge on any atom is -0.498 e. The van der Waals surface area contributed by atoms with Gasteiger partial charge in [-0.05, 0) is 19.4 Å². The quantitative estimate of drug-likeness (QED) is 0.201. The lowest BCUT2D eigenvalue weighted by Crippen LogP contribution is -1.93. The minimum atomic E-state index is 0.581. The molecule has 0 saturated heterocycles. The van der Waals surface area contributed by atoms with Crippen LogP contribution in [0.25, 0.3) is 0 Å².